The van der Waals surface area contributed by atoms with Gasteiger partial charge in [-0.2, -0.15) is 5.10 Å². The van der Waals surface area contributed by atoms with Crippen LogP contribution < -0.4 is 5.32 Å². The lowest BCUT2D eigenvalue weighted by molar-refractivity contribution is 0.102. The zero-order chi connectivity index (χ0) is 16.2. The largest absolute Gasteiger partial charge is 0.296 e. The van der Waals surface area contributed by atoms with E-state index in [0.29, 0.717) is 16.7 Å². The first-order valence-corrected chi connectivity index (χ1v) is 9.14. The molecule has 0 bridgehead atoms. The molecule has 0 aliphatic heterocycles. The van der Waals surface area contributed by atoms with Gasteiger partial charge in [0, 0.05) is 16.5 Å². The van der Waals surface area contributed by atoms with Gasteiger partial charge < -0.3 is 0 Å². The standard InChI is InChI=1S/C17H22N4OS/c1-17(2,3)21-13(10-7-8-10)9-12(20-21)15(22)19-16-18-11-5-4-6-14(11)23-16/h9-10H,4-8H2,1-3H3,(H,18,19,22). The summed E-state index contributed by atoms with van der Waals surface area (Å²) >= 11 is 1.60. The molecule has 5 nitrogen and oxygen atoms in total. The first-order chi connectivity index (χ1) is 10.9. The van der Waals surface area contributed by atoms with Crippen molar-refractivity contribution < 1.29 is 4.79 Å². The third kappa shape index (κ3) is 2.80. The molecule has 2 aliphatic rings. The normalized spacial score (nSPS) is 17.3. The molecule has 2 aromatic rings. The molecule has 0 unspecified atom stereocenters. The van der Waals surface area contributed by atoms with Crippen LogP contribution in [0.2, 0.25) is 0 Å². The highest BCUT2D eigenvalue weighted by Crippen LogP contribution is 2.41. The second-order valence-electron chi connectivity index (χ2n) is 7.51. The maximum Gasteiger partial charge on any atom is 0.277 e. The number of anilines is 1. The van der Waals surface area contributed by atoms with Gasteiger partial charge in [-0.1, -0.05) is 0 Å². The maximum atomic E-state index is 12.6. The van der Waals surface area contributed by atoms with E-state index in [1.165, 1.54) is 29.8 Å². The maximum absolute atomic E-state index is 12.6. The molecule has 0 saturated heterocycles. The Labute approximate surface area is 140 Å². The summed E-state index contributed by atoms with van der Waals surface area (Å²) in [4.78, 5) is 18.4. The zero-order valence-electron chi connectivity index (χ0n) is 13.8. The minimum Gasteiger partial charge on any atom is -0.296 e. The number of aromatic nitrogens is 3. The summed E-state index contributed by atoms with van der Waals surface area (Å²) in [6.07, 6.45) is 5.70. The van der Waals surface area contributed by atoms with Crippen molar-refractivity contribution in [2.75, 3.05) is 5.32 Å². The molecular weight excluding hydrogens is 308 g/mol. The molecule has 2 aliphatic carbocycles. The van der Waals surface area contributed by atoms with Crippen LogP contribution in [0.5, 0.6) is 0 Å². The molecule has 122 valence electrons. The highest BCUT2D eigenvalue weighted by molar-refractivity contribution is 7.15. The number of thiazole rings is 1. The van der Waals surface area contributed by atoms with Gasteiger partial charge in [0.25, 0.3) is 5.91 Å². The van der Waals surface area contributed by atoms with Gasteiger partial charge in [-0.05, 0) is 58.9 Å². The molecule has 1 N–H and O–H groups in total. The smallest absolute Gasteiger partial charge is 0.277 e. The Bertz CT molecular complexity index is 743. The molecule has 0 atom stereocenters. The van der Waals surface area contributed by atoms with Crippen molar-refractivity contribution >= 4 is 22.4 Å². The molecule has 0 spiro atoms. The number of nitrogens with zero attached hydrogens (tertiary/aromatic N) is 3. The summed E-state index contributed by atoms with van der Waals surface area (Å²) in [5.41, 5.74) is 2.73. The summed E-state index contributed by atoms with van der Waals surface area (Å²) in [5, 5.41) is 8.22. The molecule has 0 aromatic carbocycles. The number of rotatable bonds is 3. The van der Waals surface area contributed by atoms with E-state index in [2.05, 4.69) is 36.2 Å². The molecule has 1 saturated carbocycles. The van der Waals surface area contributed by atoms with Gasteiger partial charge in [0.05, 0.1) is 11.2 Å². The van der Waals surface area contributed by atoms with Crippen LogP contribution in [-0.4, -0.2) is 20.7 Å². The molecule has 1 amide bonds. The third-order valence-corrected chi connectivity index (χ3v) is 5.49. The summed E-state index contributed by atoms with van der Waals surface area (Å²) in [5.74, 6) is 0.411. The Morgan fingerprint density at radius 1 is 1.35 bits per heavy atom. The van der Waals surface area contributed by atoms with E-state index in [4.69, 9.17) is 0 Å². The van der Waals surface area contributed by atoms with Crippen molar-refractivity contribution in [3.05, 3.63) is 28.0 Å². The SMILES string of the molecule is CC(C)(C)n1nc(C(=O)Nc2nc3c(s2)CCC3)cc1C1CC1. The van der Waals surface area contributed by atoms with Crippen LogP contribution in [0, 0.1) is 0 Å². The van der Waals surface area contributed by atoms with Crippen LogP contribution in [0.3, 0.4) is 0 Å². The van der Waals surface area contributed by atoms with Crippen molar-refractivity contribution in [2.24, 2.45) is 0 Å². The van der Waals surface area contributed by atoms with E-state index in [-0.39, 0.29) is 11.4 Å². The van der Waals surface area contributed by atoms with Crippen LogP contribution in [0.1, 0.15) is 72.7 Å². The van der Waals surface area contributed by atoms with E-state index in [9.17, 15) is 4.79 Å². The highest BCUT2D eigenvalue weighted by atomic mass is 32.1. The number of hydrogen-bond acceptors (Lipinski definition) is 4. The fourth-order valence-corrected chi connectivity index (χ4v) is 4.16. The molecule has 2 heterocycles. The van der Waals surface area contributed by atoms with Gasteiger partial charge >= 0.3 is 0 Å². The van der Waals surface area contributed by atoms with Gasteiger partial charge in [-0.3, -0.25) is 14.8 Å². The van der Waals surface area contributed by atoms with Crippen molar-refractivity contribution in [3.63, 3.8) is 0 Å². The van der Waals surface area contributed by atoms with Crippen LogP contribution in [0.4, 0.5) is 5.13 Å². The van der Waals surface area contributed by atoms with Crippen LogP contribution in [0.15, 0.2) is 6.07 Å². The average Bonchev–Trinajstić information content (AvgIpc) is 2.90. The number of carbonyl (C=O) groups is 1. The topological polar surface area (TPSA) is 59.8 Å². The Morgan fingerprint density at radius 3 is 2.78 bits per heavy atom. The molecule has 4 rings (SSSR count). The zero-order valence-corrected chi connectivity index (χ0v) is 14.7. The monoisotopic (exact) mass is 330 g/mol. The molecule has 6 heteroatoms. The van der Waals surface area contributed by atoms with Crippen molar-refractivity contribution in [1.82, 2.24) is 14.8 Å². The van der Waals surface area contributed by atoms with E-state index >= 15 is 0 Å². The number of amides is 1. The summed E-state index contributed by atoms with van der Waals surface area (Å²) in [6, 6.07) is 1.96. The average molecular weight is 330 g/mol. The van der Waals surface area contributed by atoms with Crippen molar-refractivity contribution in [3.8, 4) is 0 Å². The quantitative estimate of drug-likeness (QED) is 0.933. The predicted molar refractivity (Wildman–Crippen MR) is 91.3 cm³/mol. The number of carbonyl (C=O) groups excluding carboxylic acids is 1. The number of fused-ring (bicyclic) bond motifs is 1. The third-order valence-electron chi connectivity index (χ3n) is 4.42. The van der Waals surface area contributed by atoms with Gasteiger partial charge in [-0.25, -0.2) is 4.98 Å². The fourth-order valence-electron chi connectivity index (χ4n) is 3.12. The van der Waals surface area contributed by atoms with E-state index in [0.717, 1.165) is 18.5 Å². The minimum absolute atomic E-state index is 0.112. The van der Waals surface area contributed by atoms with Gasteiger partial charge in [0.1, 0.15) is 0 Å². The number of hydrogen-bond donors (Lipinski definition) is 1. The van der Waals surface area contributed by atoms with E-state index < -0.39 is 0 Å². The molecular formula is C17H22N4OS. The van der Waals surface area contributed by atoms with Crippen molar-refractivity contribution in [2.45, 2.75) is 64.3 Å². The second-order valence-corrected chi connectivity index (χ2v) is 8.59. The summed E-state index contributed by atoms with van der Waals surface area (Å²) in [7, 11) is 0. The van der Waals surface area contributed by atoms with Gasteiger partial charge in [-0.15, -0.1) is 11.3 Å². The Morgan fingerprint density at radius 2 is 2.13 bits per heavy atom. The lowest BCUT2D eigenvalue weighted by Gasteiger charge is -2.22. The van der Waals surface area contributed by atoms with Gasteiger partial charge in [0.15, 0.2) is 10.8 Å². The number of nitrogens with one attached hydrogen (secondary N) is 1. The van der Waals surface area contributed by atoms with Crippen molar-refractivity contribution in [1.29, 1.82) is 0 Å². The molecule has 23 heavy (non-hydrogen) atoms. The Balaban J connectivity index is 1.58. The number of aryl methyl sites for hydroxylation is 2. The van der Waals surface area contributed by atoms with Crippen LogP contribution in [-0.2, 0) is 18.4 Å². The molecule has 2 aromatic heterocycles. The molecule has 0 radical (unpaired) electrons. The second kappa shape index (κ2) is 5.16. The first-order valence-electron chi connectivity index (χ1n) is 8.32. The highest BCUT2D eigenvalue weighted by Gasteiger charge is 2.32. The van der Waals surface area contributed by atoms with Gasteiger partial charge in [0.2, 0.25) is 0 Å². The molecule has 1 fully saturated rings. The van der Waals surface area contributed by atoms with Crippen LogP contribution in [0.25, 0.3) is 0 Å². The first kappa shape index (κ1) is 14.9. The summed E-state index contributed by atoms with van der Waals surface area (Å²) < 4.78 is 2.02. The van der Waals surface area contributed by atoms with E-state index in [1.54, 1.807) is 11.3 Å². The lowest BCUT2D eigenvalue weighted by Crippen LogP contribution is -2.25. The van der Waals surface area contributed by atoms with E-state index in [1.807, 2.05) is 10.7 Å². The lowest BCUT2D eigenvalue weighted by atomic mass is 10.1. The summed E-state index contributed by atoms with van der Waals surface area (Å²) in [6.45, 7) is 6.37. The van der Waals surface area contributed by atoms with Crippen LogP contribution >= 0.6 is 11.3 Å². The Kier molecular flexibility index (Phi) is 3.34. The minimum atomic E-state index is -0.151. The predicted octanol–water partition coefficient (Wildman–Crippen LogP) is 3.71. The fraction of sp³-hybridized carbons (Fsp3) is 0.588. The Hall–Kier alpha value is -1.69.